The zero-order valence-electron chi connectivity index (χ0n) is 13.3. The Labute approximate surface area is 135 Å². The highest BCUT2D eigenvalue weighted by Gasteiger charge is 2.28. The van der Waals surface area contributed by atoms with Crippen LogP contribution in [0.15, 0.2) is 48.5 Å². The van der Waals surface area contributed by atoms with Crippen LogP contribution in [0.4, 0.5) is 4.39 Å². The molecule has 1 saturated heterocycles. The summed E-state index contributed by atoms with van der Waals surface area (Å²) < 4.78 is 13.8. The molecule has 3 aromatic rings. The Hall–Kier alpha value is -2.13. The van der Waals surface area contributed by atoms with Gasteiger partial charge in [0.25, 0.3) is 0 Å². The van der Waals surface area contributed by atoms with Gasteiger partial charge in [0, 0.05) is 22.2 Å². The number of H-pyrrole nitrogens is 1. The molecule has 2 nitrogen and oxygen atoms in total. The van der Waals surface area contributed by atoms with Gasteiger partial charge in [0.05, 0.1) is 6.04 Å². The second-order valence-electron chi connectivity index (χ2n) is 6.41. The first-order valence-electron chi connectivity index (χ1n) is 8.31. The van der Waals surface area contributed by atoms with E-state index in [1.54, 1.807) is 6.07 Å². The van der Waals surface area contributed by atoms with Crippen molar-refractivity contribution in [2.24, 2.45) is 0 Å². The fraction of sp³-hybridized carbons (Fsp3) is 0.300. The molecule has 0 saturated carbocycles. The molecule has 1 atom stereocenters. The summed E-state index contributed by atoms with van der Waals surface area (Å²) in [4.78, 5) is 5.98. The van der Waals surface area contributed by atoms with Gasteiger partial charge in [-0.2, -0.15) is 0 Å². The summed E-state index contributed by atoms with van der Waals surface area (Å²) in [6.07, 6.45) is 2.43. The molecule has 23 heavy (non-hydrogen) atoms. The van der Waals surface area contributed by atoms with Gasteiger partial charge in [-0.25, -0.2) is 4.39 Å². The van der Waals surface area contributed by atoms with E-state index in [2.05, 4.69) is 41.1 Å². The van der Waals surface area contributed by atoms with Crippen molar-refractivity contribution in [2.75, 3.05) is 13.1 Å². The minimum Gasteiger partial charge on any atom is -0.358 e. The van der Waals surface area contributed by atoms with E-state index in [9.17, 15) is 4.39 Å². The summed E-state index contributed by atoms with van der Waals surface area (Å²) in [6.45, 7) is 4.26. The summed E-state index contributed by atoms with van der Waals surface area (Å²) in [5.74, 6) is -0.163. The van der Waals surface area contributed by atoms with E-state index in [1.165, 1.54) is 35.6 Å². The van der Waals surface area contributed by atoms with Crippen molar-refractivity contribution in [3.05, 3.63) is 71.2 Å². The van der Waals surface area contributed by atoms with Gasteiger partial charge in [0.2, 0.25) is 0 Å². The first kappa shape index (κ1) is 14.5. The van der Waals surface area contributed by atoms with Crippen LogP contribution in [-0.4, -0.2) is 23.0 Å². The molecule has 1 aromatic heterocycles. The van der Waals surface area contributed by atoms with Crippen molar-refractivity contribution in [2.45, 2.75) is 25.8 Å². The number of nitrogens with zero attached hydrogens (tertiary/aromatic N) is 1. The Morgan fingerprint density at radius 3 is 2.61 bits per heavy atom. The molecule has 0 spiro atoms. The highest BCUT2D eigenvalue weighted by molar-refractivity contribution is 5.85. The number of para-hydroxylation sites is 1. The SMILES string of the molecule is Cc1[nH]c2ccccc2c1C(c1cccc(F)c1)N1CCCC1. The zero-order chi connectivity index (χ0) is 15.8. The van der Waals surface area contributed by atoms with Gasteiger partial charge in [-0.1, -0.05) is 30.3 Å². The van der Waals surface area contributed by atoms with Crippen molar-refractivity contribution < 1.29 is 4.39 Å². The predicted molar refractivity (Wildman–Crippen MR) is 92.1 cm³/mol. The van der Waals surface area contributed by atoms with Crippen molar-refractivity contribution in [3.63, 3.8) is 0 Å². The first-order valence-corrected chi connectivity index (χ1v) is 8.31. The maximum absolute atomic E-state index is 13.8. The Kier molecular flexibility index (Phi) is 3.66. The molecule has 0 radical (unpaired) electrons. The normalized spacial score (nSPS) is 17.0. The maximum atomic E-state index is 13.8. The Morgan fingerprint density at radius 2 is 1.83 bits per heavy atom. The minimum atomic E-state index is -0.163. The van der Waals surface area contributed by atoms with Gasteiger partial charge in [-0.3, -0.25) is 4.90 Å². The summed E-state index contributed by atoms with van der Waals surface area (Å²) in [5, 5.41) is 1.24. The summed E-state index contributed by atoms with van der Waals surface area (Å²) in [5.41, 5.74) is 4.65. The number of rotatable bonds is 3. The van der Waals surface area contributed by atoms with Crippen LogP contribution in [-0.2, 0) is 0 Å². The van der Waals surface area contributed by atoms with Crippen molar-refractivity contribution in [1.82, 2.24) is 9.88 Å². The van der Waals surface area contributed by atoms with Gasteiger partial charge in [0.1, 0.15) is 5.82 Å². The van der Waals surface area contributed by atoms with Crippen LogP contribution in [0.5, 0.6) is 0 Å². The predicted octanol–water partition coefficient (Wildman–Crippen LogP) is 4.80. The van der Waals surface area contributed by atoms with Crippen LogP contribution in [0, 0.1) is 12.7 Å². The largest absolute Gasteiger partial charge is 0.358 e. The molecule has 0 amide bonds. The Morgan fingerprint density at radius 1 is 1.04 bits per heavy atom. The Bertz CT molecular complexity index is 831. The van der Waals surface area contributed by atoms with E-state index in [1.807, 2.05) is 12.1 Å². The zero-order valence-corrected chi connectivity index (χ0v) is 13.3. The lowest BCUT2D eigenvalue weighted by Crippen LogP contribution is -2.27. The van der Waals surface area contributed by atoms with Crippen LogP contribution in [0.3, 0.4) is 0 Å². The number of hydrogen-bond acceptors (Lipinski definition) is 1. The molecule has 4 rings (SSSR count). The fourth-order valence-corrected chi connectivity index (χ4v) is 3.89. The van der Waals surface area contributed by atoms with Gasteiger partial charge < -0.3 is 4.98 Å². The molecule has 2 heterocycles. The molecule has 1 aliphatic heterocycles. The van der Waals surface area contributed by atoms with Crippen LogP contribution in [0.25, 0.3) is 10.9 Å². The second kappa shape index (κ2) is 5.82. The van der Waals surface area contributed by atoms with Crippen LogP contribution in [0.2, 0.25) is 0 Å². The minimum absolute atomic E-state index is 0.115. The second-order valence-corrected chi connectivity index (χ2v) is 6.41. The number of aromatic nitrogens is 1. The van der Waals surface area contributed by atoms with Crippen LogP contribution >= 0.6 is 0 Å². The molecule has 0 aliphatic carbocycles. The lowest BCUT2D eigenvalue weighted by atomic mass is 9.94. The number of halogens is 1. The summed E-state index contributed by atoms with van der Waals surface area (Å²) in [7, 11) is 0. The molecule has 1 aliphatic rings. The van der Waals surface area contributed by atoms with Crippen molar-refractivity contribution in [3.8, 4) is 0 Å². The molecular formula is C20H21FN2. The van der Waals surface area contributed by atoms with Crippen LogP contribution in [0.1, 0.15) is 35.7 Å². The average Bonchev–Trinajstić information content (AvgIpc) is 3.17. The van der Waals surface area contributed by atoms with Gasteiger partial charge in [-0.15, -0.1) is 0 Å². The number of hydrogen-bond donors (Lipinski definition) is 1. The fourth-order valence-electron chi connectivity index (χ4n) is 3.89. The van der Waals surface area contributed by atoms with Crippen LogP contribution < -0.4 is 0 Å². The monoisotopic (exact) mass is 308 g/mol. The van der Waals surface area contributed by atoms with Gasteiger partial charge in [0.15, 0.2) is 0 Å². The number of aromatic amines is 1. The average molecular weight is 308 g/mol. The number of fused-ring (bicyclic) bond motifs is 1. The van der Waals surface area contributed by atoms with E-state index in [0.717, 1.165) is 24.2 Å². The van der Waals surface area contributed by atoms with E-state index in [0.29, 0.717) is 0 Å². The lowest BCUT2D eigenvalue weighted by Gasteiger charge is -2.29. The summed E-state index contributed by atoms with van der Waals surface area (Å²) in [6, 6.07) is 15.6. The van der Waals surface area contributed by atoms with E-state index < -0.39 is 0 Å². The van der Waals surface area contributed by atoms with E-state index in [-0.39, 0.29) is 11.9 Å². The maximum Gasteiger partial charge on any atom is 0.123 e. The van der Waals surface area contributed by atoms with Crippen molar-refractivity contribution in [1.29, 1.82) is 0 Å². The third-order valence-corrected chi connectivity index (χ3v) is 4.89. The molecule has 2 aromatic carbocycles. The van der Waals surface area contributed by atoms with Gasteiger partial charge >= 0.3 is 0 Å². The third-order valence-electron chi connectivity index (χ3n) is 4.89. The highest BCUT2D eigenvalue weighted by Crippen LogP contribution is 2.37. The van der Waals surface area contributed by atoms with Crippen molar-refractivity contribution >= 4 is 10.9 Å². The number of aryl methyl sites for hydroxylation is 1. The molecule has 1 fully saturated rings. The molecule has 1 N–H and O–H groups in total. The first-order chi connectivity index (χ1) is 11.2. The lowest BCUT2D eigenvalue weighted by molar-refractivity contribution is 0.281. The third kappa shape index (κ3) is 2.55. The molecule has 3 heteroatoms. The summed E-state index contributed by atoms with van der Waals surface area (Å²) >= 11 is 0. The van der Waals surface area contributed by atoms with E-state index in [4.69, 9.17) is 0 Å². The quantitative estimate of drug-likeness (QED) is 0.736. The smallest absolute Gasteiger partial charge is 0.123 e. The molecular weight excluding hydrogens is 287 g/mol. The number of nitrogens with one attached hydrogen (secondary N) is 1. The highest BCUT2D eigenvalue weighted by atomic mass is 19.1. The number of benzene rings is 2. The van der Waals surface area contributed by atoms with Gasteiger partial charge in [-0.05, 0) is 56.6 Å². The molecule has 118 valence electrons. The number of likely N-dealkylation sites (tertiary alicyclic amines) is 1. The van der Waals surface area contributed by atoms with E-state index >= 15 is 0 Å². The molecule has 1 unspecified atom stereocenters. The Balaban J connectivity index is 1.92. The molecule has 0 bridgehead atoms. The standard InChI is InChI=1S/C20H21FN2/c1-14-19(17-9-2-3-10-18(17)22-14)20(23-11-4-5-12-23)15-7-6-8-16(21)13-15/h2-3,6-10,13,20,22H,4-5,11-12H2,1H3. The topological polar surface area (TPSA) is 19.0 Å².